The average molecular weight is 1220 g/mol. The summed E-state index contributed by atoms with van der Waals surface area (Å²) in [6, 6.07) is 27.1. The van der Waals surface area contributed by atoms with E-state index in [0.29, 0.717) is 39.0 Å². The zero-order valence-electron chi connectivity index (χ0n) is 48.7. The molecule has 7 heterocycles. The minimum Gasteiger partial charge on any atom is -0.350 e. The fraction of sp³-hybridized carbons (Fsp3) is 0.468. The van der Waals surface area contributed by atoms with Crippen LogP contribution in [0.5, 0.6) is 0 Å². The van der Waals surface area contributed by atoms with Crippen molar-refractivity contribution in [2.45, 2.75) is 114 Å². The number of carbonyl (C=O) groups excluding carboxylic acids is 6. The van der Waals surface area contributed by atoms with Crippen LogP contribution in [-0.2, 0) is 75.8 Å². The first-order valence-corrected chi connectivity index (χ1v) is 30.5. The highest BCUT2D eigenvalue weighted by atomic mass is 79.9. The number of hydrogen-bond acceptors (Lipinski definition) is 13. The highest BCUT2D eigenvalue weighted by Crippen LogP contribution is 2.31. The summed E-state index contributed by atoms with van der Waals surface area (Å²) < 4.78 is 6.25. The molecule has 11 rings (SSSR count). The predicted molar refractivity (Wildman–Crippen MR) is 324 cm³/mol. The number of aryl methyl sites for hydroxylation is 3. The van der Waals surface area contributed by atoms with Crippen molar-refractivity contribution in [3.05, 3.63) is 124 Å². The number of rotatable bonds is 19. The Hall–Kier alpha value is -7.89. The molecule has 0 unspecified atom stereocenters. The van der Waals surface area contributed by atoms with E-state index in [9.17, 15) is 28.8 Å². The molecule has 4 aliphatic heterocycles. The van der Waals surface area contributed by atoms with E-state index in [2.05, 4.69) is 88.7 Å². The largest absolute Gasteiger partial charge is 0.350 e. The van der Waals surface area contributed by atoms with Crippen molar-refractivity contribution >= 4 is 73.4 Å². The maximum atomic E-state index is 13.7. The maximum absolute atomic E-state index is 13.7. The summed E-state index contributed by atoms with van der Waals surface area (Å²) in [5, 5.41) is 26.7. The van der Waals surface area contributed by atoms with Crippen molar-refractivity contribution in [3.63, 3.8) is 0 Å². The van der Waals surface area contributed by atoms with E-state index in [1.165, 1.54) is 0 Å². The van der Waals surface area contributed by atoms with E-state index in [1.54, 1.807) is 25.4 Å². The SMILES string of the molecule is Cn1nccc1-c1ccc(C[C@@H]2C[C@@H](C(=O)NCc3ccc4c(c3)nnn4C)N(C(=O)[C@H](N)CCC(=O)N3CCCC3)C2)cc1.Cn1nnc2cc(CNC(=O)[C@@H]3C[C@@H](Cc4ccc(Br)cc4)CN3C(=O)[C@H](N)CCC(=O)N3CCCC3)ccc21. The van der Waals surface area contributed by atoms with Crippen LogP contribution in [0.25, 0.3) is 33.3 Å². The molecule has 4 aromatic carbocycles. The van der Waals surface area contributed by atoms with Crippen LogP contribution in [0.15, 0.2) is 102 Å². The zero-order chi connectivity index (χ0) is 59.7. The van der Waals surface area contributed by atoms with Gasteiger partial charge in [-0.05, 0) is 146 Å². The van der Waals surface area contributed by atoms with Gasteiger partial charge in [-0.1, -0.05) is 74.9 Å². The molecule has 448 valence electrons. The molecule has 0 radical (unpaired) electrons. The molecule has 85 heavy (non-hydrogen) atoms. The van der Waals surface area contributed by atoms with Crippen molar-refractivity contribution in [3.8, 4) is 11.3 Å². The number of nitrogens with one attached hydrogen (secondary N) is 2. The van der Waals surface area contributed by atoms with Gasteiger partial charge in [0.2, 0.25) is 35.4 Å². The number of carbonyl (C=O) groups is 6. The number of likely N-dealkylation sites (tertiary alicyclic amines) is 4. The van der Waals surface area contributed by atoms with E-state index in [-0.39, 0.29) is 73.0 Å². The molecule has 22 nitrogen and oxygen atoms in total. The summed E-state index contributed by atoms with van der Waals surface area (Å²) in [7, 11) is 5.58. The molecule has 7 aromatic rings. The lowest BCUT2D eigenvalue weighted by molar-refractivity contribution is -0.140. The molecule has 0 bridgehead atoms. The van der Waals surface area contributed by atoms with E-state index in [1.807, 2.05) is 90.2 Å². The number of halogens is 1. The second-order valence-electron chi connectivity index (χ2n) is 23.3. The monoisotopic (exact) mass is 1220 g/mol. The third-order valence-electron chi connectivity index (χ3n) is 17.2. The second-order valence-corrected chi connectivity index (χ2v) is 24.2. The van der Waals surface area contributed by atoms with Crippen molar-refractivity contribution in [1.29, 1.82) is 0 Å². The molecule has 3 aromatic heterocycles. The van der Waals surface area contributed by atoms with Crippen LogP contribution < -0.4 is 22.1 Å². The smallest absolute Gasteiger partial charge is 0.243 e. The molecule has 0 aliphatic carbocycles. The van der Waals surface area contributed by atoms with Crippen LogP contribution in [-0.4, -0.2) is 158 Å². The summed E-state index contributed by atoms with van der Waals surface area (Å²) in [5.74, 6) is -0.670. The Morgan fingerprint density at radius 2 is 0.988 bits per heavy atom. The van der Waals surface area contributed by atoms with E-state index in [0.717, 1.165) is 125 Å². The average Bonchev–Trinajstić information content (AvgIpc) is 4.60. The van der Waals surface area contributed by atoms with Crippen LogP contribution >= 0.6 is 15.9 Å². The minimum atomic E-state index is -0.845. The standard InChI is InChI=1S/C33H41N9O3.C29H36BrN7O3/c1-39-28(13-14-36-39)25-8-5-22(6-9-25)17-24-19-30(32(44)35-20-23-7-11-29-27(18-23)37-38-40(29)2)42(21-24)33(45)26(34)10-12-31(43)41-15-3-4-16-41;1-35-25-10-6-20(15-24(25)33-34-35)17-32-28(39)26-16-21(14-19-4-7-22(30)8-5-19)18-37(26)29(40)23(31)9-11-27(38)36-12-2-3-13-36/h5-9,11,13-14,18,24,26,30H,3-4,10,12,15-17,19-21,34H2,1-2H3,(H,35,44);4-8,10,15,21,23,26H,2-3,9,11-14,16-18,31H2,1H3,(H,32,39)/t24-,26-,30+;21-,23-,26+/m11/s1. The predicted octanol–water partition coefficient (Wildman–Crippen LogP) is 4.71. The third-order valence-corrected chi connectivity index (χ3v) is 17.7. The van der Waals surface area contributed by atoms with Crippen molar-refractivity contribution < 1.29 is 28.8 Å². The molecule has 4 saturated heterocycles. The van der Waals surface area contributed by atoms with E-state index >= 15 is 0 Å². The summed E-state index contributed by atoms with van der Waals surface area (Å²) in [6.07, 6.45) is 9.42. The Labute approximate surface area is 503 Å². The lowest BCUT2D eigenvalue weighted by atomic mass is 9.95. The Kier molecular flexibility index (Phi) is 19.4. The molecule has 4 fully saturated rings. The number of benzene rings is 4. The molecule has 0 spiro atoms. The van der Waals surface area contributed by atoms with Gasteiger partial charge in [0.25, 0.3) is 0 Å². The Balaban J connectivity index is 0.000000190. The first-order chi connectivity index (χ1) is 41.0. The van der Waals surface area contributed by atoms with Gasteiger partial charge in [0.1, 0.15) is 23.1 Å². The van der Waals surface area contributed by atoms with Gasteiger partial charge in [0.05, 0.1) is 28.8 Å². The number of nitrogens with zero attached hydrogens (tertiary/aromatic N) is 12. The number of aromatic nitrogens is 8. The lowest BCUT2D eigenvalue weighted by Gasteiger charge is -2.27. The molecular weight excluding hydrogens is 1140 g/mol. The van der Waals surface area contributed by atoms with Crippen molar-refractivity contribution in [1.82, 2.24) is 70.0 Å². The number of amides is 6. The van der Waals surface area contributed by atoms with E-state index in [4.69, 9.17) is 11.5 Å². The molecular formula is C62H77BrN16O6. The molecule has 0 saturated carbocycles. The van der Waals surface area contributed by atoms with Crippen LogP contribution in [0, 0.1) is 11.8 Å². The van der Waals surface area contributed by atoms with Gasteiger partial charge in [0.15, 0.2) is 0 Å². The van der Waals surface area contributed by atoms with Gasteiger partial charge < -0.3 is 41.7 Å². The van der Waals surface area contributed by atoms with Crippen molar-refractivity contribution in [2.75, 3.05) is 39.3 Å². The topological polar surface area (TPSA) is 271 Å². The van der Waals surface area contributed by atoms with Crippen molar-refractivity contribution in [2.24, 2.45) is 44.4 Å². The van der Waals surface area contributed by atoms with Crippen LogP contribution in [0.4, 0.5) is 0 Å². The molecule has 4 aliphatic rings. The minimum absolute atomic E-state index is 0.0407. The quantitative estimate of drug-likeness (QED) is 0.0856. The number of hydrogen-bond donors (Lipinski definition) is 4. The molecule has 6 atom stereocenters. The van der Waals surface area contributed by atoms with Crippen LogP contribution in [0.2, 0.25) is 0 Å². The maximum Gasteiger partial charge on any atom is 0.243 e. The molecule has 6 amide bonds. The molecule has 23 heteroatoms. The highest BCUT2D eigenvalue weighted by molar-refractivity contribution is 9.10. The fourth-order valence-corrected chi connectivity index (χ4v) is 12.6. The van der Waals surface area contributed by atoms with Crippen LogP contribution in [0.1, 0.15) is 86.5 Å². The lowest BCUT2D eigenvalue weighted by Crippen LogP contribution is -2.51. The zero-order valence-corrected chi connectivity index (χ0v) is 50.3. The van der Waals surface area contributed by atoms with E-state index < -0.39 is 24.2 Å². The van der Waals surface area contributed by atoms with Gasteiger partial charge in [0, 0.05) is 97.0 Å². The summed E-state index contributed by atoms with van der Waals surface area (Å²) in [6.45, 7) is 4.59. The van der Waals surface area contributed by atoms with Crippen LogP contribution in [0.3, 0.4) is 0 Å². The first-order valence-electron chi connectivity index (χ1n) is 29.7. The Morgan fingerprint density at radius 3 is 1.41 bits per heavy atom. The summed E-state index contributed by atoms with van der Waals surface area (Å²) in [5.41, 5.74) is 22.2. The first kappa shape index (κ1) is 60.2. The van der Waals surface area contributed by atoms with Gasteiger partial charge in [-0.2, -0.15) is 5.10 Å². The fourth-order valence-electron chi connectivity index (χ4n) is 12.4. The number of fused-ring (bicyclic) bond motifs is 2. The van der Waals surface area contributed by atoms with Gasteiger partial charge >= 0.3 is 0 Å². The Bertz CT molecular complexity index is 3500. The molecule has 6 N–H and O–H groups in total. The Morgan fingerprint density at radius 1 is 0.565 bits per heavy atom. The normalized spacial score (nSPS) is 19.3. The van der Waals surface area contributed by atoms with Gasteiger partial charge in [-0.15, -0.1) is 10.2 Å². The van der Waals surface area contributed by atoms with Gasteiger partial charge in [-0.3, -0.25) is 33.4 Å². The summed E-state index contributed by atoms with van der Waals surface area (Å²) >= 11 is 3.47. The second kappa shape index (κ2) is 27.4. The number of nitrogens with two attached hydrogens (primary N) is 2. The van der Waals surface area contributed by atoms with Gasteiger partial charge in [-0.25, -0.2) is 9.36 Å². The third kappa shape index (κ3) is 14.8. The highest BCUT2D eigenvalue weighted by Gasteiger charge is 2.43. The summed E-state index contributed by atoms with van der Waals surface area (Å²) in [4.78, 5) is 86.4.